The van der Waals surface area contributed by atoms with Crippen LogP contribution in [0.15, 0.2) is 12.5 Å². The molecule has 0 aliphatic carbocycles. The van der Waals surface area contributed by atoms with Gasteiger partial charge in [-0.1, -0.05) is 6.42 Å². The first kappa shape index (κ1) is 14.6. The van der Waals surface area contributed by atoms with Crippen molar-refractivity contribution in [2.45, 2.75) is 57.5 Å². The second-order valence-electron chi connectivity index (χ2n) is 6.21. The molecule has 5 heteroatoms. The average molecular weight is 290 g/mol. The molecule has 1 aromatic heterocycles. The van der Waals surface area contributed by atoms with Crippen molar-refractivity contribution in [3.8, 4) is 0 Å². The van der Waals surface area contributed by atoms with E-state index in [1.165, 1.54) is 31.4 Å². The standard InChI is InChI=1S/C16H26N4O/c21-16(19-9-4-1-5-10-19)7-11-20-13-17-12-15(20)14-6-2-3-8-18-14/h12-14,18H,1-11H2. The third-order valence-corrected chi connectivity index (χ3v) is 4.69. The molecule has 1 unspecified atom stereocenters. The van der Waals surface area contributed by atoms with Crippen LogP contribution in [0, 0.1) is 0 Å². The smallest absolute Gasteiger partial charge is 0.224 e. The molecule has 5 nitrogen and oxygen atoms in total. The van der Waals surface area contributed by atoms with Gasteiger partial charge in [-0.2, -0.15) is 0 Å². The third kappa shape index (κ3) is 3.64. The highest BCUT2D eigenvalue weighted by Crippen LogP contribution is 2.22. The van der Waals surface area contributed by atoms with Crippen molar-refractivity contribution in [3.05, 3.63) is 18.2 Å². The maximum Gasteiger partial charge on any atom is 0.224 e. The molecule has 0 saturated carbocycles. The quantitative estimate of drug-likeness (QED) is 0.924. The van der Waals surface area contributed by atoms with Crippen LogP contribution < -0.4 is 5.32 Å². The zero-order valence-electron chi connectivity index (χ0n) is 12.8. The van der Waals surface area contributed by atoms with E-state index in [0.29, 0.717) is 18.4 Å². The molecular weight excluding hydrogens is 264 g/mol. The second-order valence-corrected chi connectivity index (χ2v) is 6.21. The van der Waals surface area contributed by atoms with Gasteiger partial charge in [-0.25, -0.2) is 4.98 Å². The normalized spacial score (nSPS) is 23.2. The van der Waals surface area contributed by atoms with Crippen molar-refractivity contribution in [1.29, 1.82) is 0 Å². The van der Waals surface area contributed by atoms with Crippen LogP contribution in [0.3, 0.4) is 0 Å². The minimum Gasteiger partial charge on any atom is -0.343 e. The monoisotopic (exact) mass is 290 g/mol. The zero-order valence-corrected chi connectivity index (χ0v) is 12.8. The minimum atomic E-state index is 0.297. The molecule has 21 heavy (non-hydrogen) atoms. The van der Waals surface area contributed by atoms with E-state index in [0.717, 1.165) is 39.0 Å². The molecule has 2 aliphatic heterocycles. The molecule has 0 aromatic carbocycles. The molecule has 3 rings (SSSR count). The first-order valence-electron chi connectivity index (χ1n) is 8.36. The highest BCUT2D eigenvalue weighted by Gasteiger charge is 2.20. The largest absolute Gasteiger partial charge is 0.343 e. The number of likely N-dealkylation sites (tertiary alicyclic amines) is 1. The van der Waals surface area contributed by atoms with E-state index >= 15 is 0 Å². The summed E-state index contributed by atoms with van der Waals surface area (Å²) in [7, 11) is 0. The Morgan fingerprint density at radius 3 is 2.86 bits per heavy atom. The number of carbonyl (C=O) groups excluding carboxylic acids is 1. The summed E-state index contributed by atoms with van der Waals surface area (Å²) in [4.78, 5) is 18.6. The lowest BCUT2D eigenvalue weighted by Crippen LogP contribution is -2.36. The van der Waals surface area contributed by atoms with Gasteiger partial charge in [0.25, 0.3) is 0 Å². The summed E-state index contributed by atoms with van der Waals surface area (Å²) < 4.78 is 2.16. The third-order valence-electron chi connectivity index (χ3n) is 4.69. The molecule has 1 aromatic rings. The number of aromatic nitrogens is 2. The molecule has 0 bridgehead atoms. The Bertz CT molecular complexity index is 459. The van der Waals surface area contributed by atoms with Gasteiger partial charge in [-0.05, 0) is 38.6 Å². The molecule has 1 amide bonds. The van der Waals surface area contributed by atoms with Gasteiger partial charge < -0.3 is 14.8 Å². The molecular formula is C16H26N4O. The van der Waals surface area contributed by atoms with Crippen molar-refractivity contribution in [2.24, 2.45) is 0 Å². The Morgan fingerprint density at radius 1 is 1.24 bits per heavy atom. The van der Waals surface area contributed by atoms with E-state index in [1.54, 1.807) is 0 Å². The topological polar surface area (TPSA) is 50.2 Å². The number of carbonyl (C=O) groups is 1. The summed E-state index contributed by atoms with van der Waals surface area (Å²) in [5.41, 5.74) is 1.24. The zero-order chi connectivity index (χ0) is 14.5. The van der Waals surface area contributed by atoms with E-state index in [9.17, 15) is 4.79 Å². The predicted molar refractivity (Wildman–Crippen MR) is 81.9 cm³/mol. The number of rotatable bonds is 4. The molecule has 1 N–H and O–H groups in total. The van der Waals surface area contributed by atoms with Gasteiger partial charge in [0.2, 0.25) is 5.91 Å². The summed E-state index contributed by atoms with van der Waals surface area (Å²) in [6, 6.07) is 0.409. The summed E-state index contributed by atoms with van der Waals surface area (Å²) in [6.07, 6.45) is 11.7. The van der Waals surface area contributed by atoms with Gasteiger partial charge in [0.05, 0.1) is 12.0 Å². The Hall–Kier alpha value is -1.36. The number of hydrogen-bond acceptors (Lipinski definition) is 3. The first-order chi connectivity index (χ1) is 10.3. The van der Waals surface area contributed by atoms with Crippen LogP contribution in [0.25, 0.3) is 0 Å². The van der Waals surface area contributed by atoms with Crippen LogP contribution in [0.5, 0.6) is 0 Å². The maximum atomic E-state index is 12.3. The predicted octanol–water partition coefficient (Wildman–Crippen LogP) is 2.10. The molecule has 3 heterocycles. The maximum absolute atomic E-state index is 12.3. The van der Waals surface area contributed by atoms with Gasteiger partial charge in [0.1, 0.15) is 0 Å². The lowest BCUT2D eigenvalue weighted by Gasteiger charge is -2.27. The van der Waals surface area contributed by atoms with Crippen LogP contribution in [-0.2, 0) is 11.3 Å². The van der Waals surface area contributed by atoms with Gasteiger partial charge in [-0.3, -0.25) is 4.79 Å². The van der Waals surface area contributed by atoms with Crippen molar-refractivity contribution < 1.29 is 4.79 Å². The summed E-state index contributed by atoms with van der Waals surface area (Å²) in [6.45, 7) is 3.73. The molecule has 2 aliphatic rings. The van der Waals surface area contributed by atoms with Crippen LogP contribution >= 0.6 is 0 Å². The van der Waals surface area contributed by atoms with Crippen molar-refractivity contribution in [2.75, 3.05) is 19.6 Å². The van der Waals surface area contributed by atoms with Crippen LogP contribution in [0.4, 0.5) is 0 Å². The number of piperidine rings is 2. The molecule has 0 spiro atoms. The lowest BCUT2D eigenvalue weighted by atomic mass is 10.0. The Labute approximate surface area is 126 Å². The average Bonchev–Trinajstić information content (AvgIpc) is 3.03. The molecule has 2 fully saturated rings. The molecule has 1 atom stereocenters. The van der Waals surface area contributed by atoms with Crippen LogP contribution in [-0.4, -0.2) is 40.0 Å². The highest BCUT2D eigenvalue weighted by molar-refractivity contribution is 5.76. The fraction of sp³-hybridized carbons (Fsp3) is 0.750. The number of amides is 1. The van der Waals surface area contributed by atoms with Crippen molar-refractivity contribution >= 4 is 5.91 Å². The lowest BCUT2D eigenvalue weighted by molar-refractivity contribution is -0.132. The molecule has 2 saturated heterocycles. The SMILES string of the molecule is O=C(CCn1cncc1C1CCCCN1)N1CCCCC1. The molecule has 116 valence electrons. The Morgan fingerprint density at radius 2 is 2.10 bits per heavy atom. The van der Waals surface area contributed by atoms with E-state index in [2.05, 4.69) is 14.9 Å². The number of nitrogens with one attached hydrogen (secondary N) is 1. The number of imidazole rings is 1. The van der Waals surface area contributed by atoms with E-state index in [-0.39, 0.29) is 0 Å². The number of aryl methyl sites for hydroxylation is 1. The van der Waals surface area contributed by atoms with E-state index < -0.39 is 0 Å². The fourth-order valence-corrected chi connectivity index (χ4v) is 3.43. The van der Waals surface area contributed by atoms with Gasteiger partial charge in [-0.15, -0.1) is 0 Å². The fourth-order valence-electron chi connectivity index (χ4n) is 3.43. The van der Waals surface area contributed by atoms with Crippen LogP contribution in [0.2, 0.25) is 0 Å². The van der Waals surface area contributed by atoms with Crippen molar-refractivity contribution in [1.82, 2.24) is 19.8 Å². The number of hydrogen-bond donors (Lipinski definition) is 1. The highest BCUT2D eigenvalue weighted by atomic mass is 16.2. The van der Waals surface area contributed by atoms with Gasteiger partial charge >= 0.3 is 0 Å². The Kier molecular flexibility index (Phi) is 4.91. The number of nitrogens with zero attached hydrogens (tertiary/aromatic N) is 3. The first-order valence-corrected chi connectivity index (χ1v) is 8.36. The Balaban J connectivity index is 1.55. The summed E-state index contributed by atoms with van der Waals surface area (Å²) >= 11 is 0. The van der Waals surface area contributed by atoms with Gasteiger partial charge in [0, 0.05) is 38.3 Å². The van der Waals surface area contributed by atoms with E-state index in [1.807, 2.05) is 17.4 Å². The van der Waals surface area contributed by atoms with Crippen molar-refractivity contribution in [3.63, 3.8) is 0 Å². The second kappa shape index (κ2) is 7.07. The molecule has 0 radical (unpaired) electrons. The minimum absolute atomic E-state index is 0.297. The van der Waals surface area contributed by atoms with E-state index in [4.69, 9.17) is 0 Å². The van der Waals surface area contributed by atoms with Crippen LogP contribution in [0.1, 0.15) is 56.7 Å². The summed E-state index contributed by atoms with van der Waals surface area (Å²) in [5, 5.41) is 3.56. The summed E-state index contributed by atoms with van der Waals surface area (Å²) in [5.74, 6) is 0.297. The van der Waals surface area contributed by atoms with Gasteiger partial charge in [0.15, 0.2) is 0 Å².